The lowest BCUT2D eigenvalue weighted by Crippen LogP contribution is -2.47. The van der Waals surface area contributed by atoms with Gasteiger partial charge in [0.25, 0.3) is 11.8 Å². The predicted octanol–water partition coefficient (Wildman–Crippen LogP) is 2.11. The summed E-state index contributed by atoms with van der Waals surface area (Å²) in [5.74, 6) is -0.432. The minimum atomic E-state index is -0.791. The average Bonchev–Trinajstić information content (AvgIpc) is 3.20. The van der Waals surface area contributed by atoms with Crippen molar-refractivity contribution >= 4 is 11.8 Å². The average molecular weight is 379 g/mol. The van der Waals surface area contributed by atoms with Gasteiger partial charge in [-0.1, -0.05) is 30.3 Å². The molecule has 8 heteroatoms. The Morgan fingerprint density at radius 2 is 1.79 bits per heavy atom. The number of carbonyl (C=O) groups excluding carboxylic acids is 2. The molecule has 144 valence electrons. The third-order valence-corrected chi connectivity index (χ3v) is 4.24. The Kier molecular flexibility index (Phi) is 5.69. The zero-order valence-corrected chi connectivity index (χ0v) is 15.8. The van der Waals surface area contributed by atoms with Gasteiger partial charge in [0.15, 0.2) is 11.8 Å². The zero-order chi connectivity index (χ0) is 20.1. The van der Waals surface area contributed by atoms with E-state index in [1.807, 2.05) is 56.3 Å². The summed E-state index contributed by atoms with van der Waals surface area (Å²) in [5, 5.41) is 8.15. The van der Waals surface area contributed by atoms with Crippen LogP contribution in [-0.4, -0.2) is 32.9 Å². The number of nitrogens with one attached hydrogen (secondary N) is 2. The molecule has 0 radical (unpaired) electrons. The van der Waals surface area contributed by atoms with Crippen molar-refractivity contribution in [2.24, 2.45) is 0 Å². The molecule has 2 aromatic carbocycles. The topological polar surface area (TPSA) is 98.1 Å². The summed E-state index contributed by atoms with van der Waals surface area (Å²) in [7, 11) is 0. The summed E-state index contributed by atoms with van der Waals surface area (Å²) in [4.78, 5) is 25.7. The Morgan fingerprint density at radius 1 is 1.04 bits per heavy atom. The maximum Gasteiger partial charge on any atom is 0.291 e. The lowest BCUT2D eigenvalue weighted by atomic mass is 10.1. The molecule has 0 saturated carbocycles. The SMILES string of the molecule is Cc1cccc(OC(C)C(=O)NNC(=O)c2cnn(-c3ccccc3)n2)c1C. The molecule has 0 saturated heterocycles. The van der Waals surface area contributed by atoms with Crippen LogP contribution in [0.15, 0.2) is 54.7 Å². The van der Waals surface area contributed by atoms with Gasteiger partial charge in [-0.2, -0.15) is 9.90 Å². The van der Waals surface area contributed by atoms with E-state index in [9.17, 15) is 9.59 Å². The molecule has 2 amide bonds. The van der Waals surface area contributed by atoms with Crippen molar-refractivity contribution in [2.45, 2.75) is 26.9 Å². The van der Waals surface area contributed by atoms with E-state index in [0.29, 0.717) is 5.75 Å². The van der Waals surface area contributed by atoms with E-state index in [1.54, 1.807) is 13.0 Å². The summed E-state index contributed by atoms with van der Waals surface area (Å²) in [6.07, 6.45) is 0.533. The van der Waals surface area contributed by atoms with Gasteiger partial charge in [0, 0.05) is 0 Å². The van der Waals surface area contributed by atoms with Gasteiger partial charge in [0.1, 0.15) is 5.75 Å². The molecule has 2 N–H and O–H groups in total. The highest BCUT2D eigenvalue weighted by Gasteiger charge is 2.18. The normalized spacial score (nSPS) is 11.5. The van der Waals surface area contributed by atoms with E-state index in [1.165, 1.54) is 11.0 Å². The van der Waals surface area contributed by atoms with Crippen molar-refractivity contribution in [1.82, 2.24) is 25.8 Å². The Labute approximate surface area is 162 Å². The van der Waals surface area contributed by atoms with Crippen LogP contribution in [0.1, 0.15) is 28.5 Å². The van der Waals surface area contributed by atoms with E-state index in [0.717, 1.165) is 16.8 Å². The highest BCUT2D eigenvalue weighted by atomic mass is 16.5. The van der Waals surface area contributed by atoms with Crippen molar-refractivity contribution in [2.75, 3.05) is 0 Å². The third-order valence-electron chi connectivity index (χ3n) is 4.24. The van der Waals surface area contributed by atoms with Crippen LogP contribution in [0.25, 0.3) is 5.69 Å². The van der Waals surface area contributed by atoms with Gasteiger partial charge >= 0.3 is 0 Å². The van der Waals surface area contributed by atoms with E-state index in [2.05, 4.69) is 21.0 Å². The molecule has 28 heavy (non-hydrogen) atoms. The second kappa shape index (κ2) is 8.34. The number of hydrogen-bond donors (Lipinski definition) is 2. The monoisotopic (exact) mass is 379 g/mol. The van der Waals surface area contributed by atoms with Gasteiger partial charge in [-0.3, -0.25) is 20.4 Å². The number of para-hydroxylation sites is 1. The predicted molar refractivity (Wildman–Crippen MR) is 103 cm³/mol. The molecule has 0 spiro atoms. The first kappa shape index (κ1) is 19.1. The Hall–Kier alpha value is -3.68. The van der Waals surface area contributed by atoms with Crippen molar-refractivity contribution < 1.29 is 14.3 Å². The highest BCUT2D eigenvalue weighted by molar-refractivity contribution is 5.93. The molecular weight excluding hydrogens is 358 g/mol. The van der Waals surface area contributed by atoms with Crippen LogP contribution in [0.4, 0.5) is 0 Å². The number of amides is 2. The molecule has 0 bridgehead atoms. The van der Waals surface area contributed by atoms with Crippen molar-refractivity contribution in [1.29, 1.82) is 0 Å². The maximum atomic E-state index is 12.2. The first-order valence-electron chi connectivity index (χ1n) is 8.76. The summed E-state index contributed by atoms with van der Waals surface area (Å²) in [6.45, 7) is 5.50. The van der Waals surface area contributed by atoms with Crippen LogP contribution in [0, 0.1) is 13.8 Å². The molecule has 8 nitrogen and oxygen atoms in total. The van der Waals surface area contributed by atoms with Crippen LogP contribution in [0.5, 0.6) is 5.75 Å². The second-order valence-electron chi connectivity index (χ2n) is 6.26. The van der Waals surface area contributed by atoms with Gasteiger partial charge in [-0.15, -0.1) is 5.10 Å². The number of ether oxygens (including phenoxy) is 1. The fraction of sp³-hybridized carbons (Fsp3) is 0.200. The van der Waals surface area contributed by atoms with Crippen LogP contribution in [-0.2, 0) is 4.79 Å². The maximum absolute atomic E-state index is 12.2. The molecule has 1 unspecified atom stereocenters. The molecular formula is C20H21N5O3. The third kappa shape index (κ3) is 4.35. The fourth-order valence-corrected chi connectivity index (χ4v) is 2.43. The van der Waals surface area contributed by atoms with E-state index in [4.69, 9.17) is 4.74 Å². The summed E-state index contributed by atoms with van der Waals surface area (Å²) < 4.78 is 5.69. The highest BCUT2D eigenvalue weighted by Crippen LogP contribution is 2.21. The fourth-order valence-electron chi connectivity index (χ4n) is 2.43. The molecule has 3 aromatic rings. The summed E-state index contributed by atoms with van der Waals surface area (Å²) in [5.41, 5.74) is 7.50. The Balaban J connectivity index is 1.56. The number of benzene rings is 2. The van der Waals surface area contributed by atoms with Gasteiger partial charge in [0.05, 0.1) is 11.9 Å². The number of carbonyl (C=O) groups is 2. The van der Waals surface area contributed by atoms with E-state index in [-0.39, 0.29) is 5.69 Å². The van der Waals surface area contributed by atoms with Gasteiger partial charge in [-0.05, 0) is 50.1 Å². The molecule has 1 aromatic heterocycles. The number of aryl methyl sites for hydroxylation is 1. The molecule has 1 heterocycles. The largest absolute Gasteiger partial charge is 0.481 e. The summed E-state index contributed by atoms with van der Waals surface area (Å²) >= 11 is 0. The molecule has 0 aliphatic carbocycles. The molecule has 0 fully saturated rings. The van der Waals surface area contributed by atoms with Crippen LogP contribution in [0.3, 0.4) is 0 Å². The zero-order valence-electron chi connectivity index (χ0n) is 15.8. The quantitative estimate of drug-likeness (QED) is 0.662. The smallest absolute Gasteiger partial charge is 0.291 e. The van der Waals surface area contributed by atoms with E-state index >= 15 is 0 Å². The Bertz CT molecular complexity index is 985. The minimum absolute atomic E-state index is 0.0762. The lowest BCUT2D eigenvalue weighted by Gasteiger charge is -2.17. The van der Waals surface area contributed by atoms with Crippen LogP contribution >= 0.6 is 0 Å². The molecule has 1 atom stereocenters. The standard InChI is InChI=1S/C20H21N5O3/c1-13-8-7-11-18(14(13)2)28-15(3)19(26)22-23-20(27)17-12-21-25(24-17)16-9-5-4-6-10-16/h4-12,15H,1-3H3,(H,22,26)(H,23,27). The number of nitrogens with zero attached hydrogens (tertiary/aromatic N) is 3. The number of hydrogen-bond acceptors (Lipinski definition) is 5. The van der Waals surface area contributed by atoms with Gasteiger partial charge in [0.2, 0.25) is 0 Å². The van der Waals surface area contributed by atoms with Crippen molar-refractivity contribution in [3.63, 3.8) is 0 Å². The van der Waals surface area contributed by atoms with Gasteiger partial charge < -0.3 is 4.74 Å². The number of hydrazine groups is 1. The molecule has 3 rings (SSSR count). The van der Waals surface area contributed by atoms with Crippen LogP contribution < -0.4 is 15.6 Å². The molecule has 0 aliphatic rings. The summed E-state index contributed by atoms with van der Waals surface area (Å²) in [6, 6.07) is 14.8. The first-order valence-corrected chi connectivity index (χ1v) is 8.76. The van der Waals surface area contributed by atoms with Crippen molar-refractivity contribution in [3.05, 3.63) is 71.5 Å². The van der Waals surface area contributed by atoms with Crippen molar-refractivity contribution in [3.8, 4) is 11.4 Å². The minimum Gasteiger partial charge on any atom is -0.481 e. The van der Waals surface area contributed by atoms with Crippen LogP contribution in [0.2, 0.25) is 0 Å². The number of rotatable bonds is 5. The second-order valence-corrected chi connectivity index (χ2v) is 6.26. The lowest BCUT2D eigenvalue weighted by molar-refractivity contribution is -0.128. The van der Waals surface area contributed by atoms with E-state index < -0.39 is 17.9 Å². The van der Waals surface area contributed by atoms with Gasteiger partial charge in [-0.25, -0.2) is 0 Å². The Morgan fingerprint density at radius 3 is 2.54 bits per heavy atom. The first-order chi connectivity index (χ1) is 13.5. The molecule has 0 aliphatic heterocycles. The number of aromatic nitrogens is 3.